The highest BCUT2D eigenvalue weighted by molar-refractivity contribution is 9.10. The van der Waals surface area contributed by atoms with Crippen LogP contribution in [-0.4, -0.2) is 9.97 Å². The van der Waals surface area contributed by atoms with Crippen molar-refractivity contribution >= 4 is 33.1 Å². The van der Waals surface area contributed by atoms with Crippen LogP contribution >= 0.6 is 28.1 Å². The standard InChI is InChI=1S/C12H8BrFN2OS/c13-7-1-3-9(14)11(5-7)17-8-2-4-10(12(15)18)16-6-8/h1-6H,(H2,15,18). The molecule has 2 N–H and O–H groups in total. The van der Waals surface area contributed by atoms with Crippen LogP contribution in [0.1, 0.15) is 5.69 Å². The highest BCUT2D eigenvalue weighted by Gasteiger charge is 2.06. The summed E-state index contributed by atoms with van der Waals surface area (Å²) in [5.41, 5.74) is 5.91. The largest absolute Gasteiger partial charge is 0.453 e. The van der Waals surface area contributed by atoms with Gasteiger partial charge in [-0.25, -0.2) is 9.37 Å². The Hall–Kier alpha value is -1.53. The Kier molecular flexibility index (Phi) is 3.88. The Balaban J connectivity index is 2.23. The summed E-state index contributed by atoms with van der Waals surface area (Å²) in [6, 6.07) is 7.69. The van der Waals surface area contributed by atoms with E-state index in [9.17, 15) is 4.39 Å². The molecule has 0 aliphatic carbocycles. The summed E-state index contributed by atoms with van der Waals surface area (Å²) in [6.45, 7) is 0. The highest BCUT2D eigenvalue weighted by atomic mass is 79.9. The Morgan fingerprint density at radius 1 is 1.33 bits per heavy atom. The van der Waals surface area contributed by atoms with Gasteiger partial charge in [-0.2, -0.15) is 0 Å². The van der Waals surface area contributed by atoms with Crippen LogP contribution < -0.4 is 10.5 Å². The molecule has 0 spiro atoms. The third kappa shape index (κ3) is 3.02. The van der Waals surface area contributed by atoms with Crippen LogP contribution in [0.15, 0.2) is 41.0 Å². The molecule has 0 aliphatic rings. The summed E-state index contributed by atoms with van der Waals surface area (Å²) in [6.07, 6.45) is 1.44. The molecule has 0 saturated heterocycles. The lowest BCUT2D eigenvalue weighted by molar-refractivity contribution is 0.440. The Morgan fingerprint density at radius 3 is 2.72 bits per heavy atom. The molecule has 1 aromatic carbocycles. The van der Waals surface area contributed by atoms with Crippen LogP contribution in [0, 0.1) is 5.82 Å². The average Bonchev–Trinajstić information content (AvgIpc) is 2.34. The van der Waals surface area contributed by atoms with Gasteiger partial charge >= 0.3 is 0 Å². The predicted octanol–water partition coefficient (Wildman–Crippen LogP) is 3.41. The van der Waals surface area contributed by atoms with Crippen LogP contribution in [0.4, 0.5) is 4.39 Å². The third-order valence-electron chi connectivity index (χ3n) is 2.11. The average molecular weight is 327 g/mol. The SMILES string of the molecule is NC(=S)c1ccc(Oc2cc(Br)ccc2F)cn1. The van der Waals surface area contributed by atoms with Crippen molar-refractivity contribution in [1.82, 2.24) is 4.98 Å². The number of nitrogens with two attached hydrogens (primary N) is 1. The molecule has 18 heavy (non-hydrogen) atoms. The van der Waals surface area contributed by atoms with E-state index >= 15 is 0 Å². The molecule has 2 aromatic rings. The summed E-state index contributed by atoms with van der Waals surface area (Å²) >= 11 is 8.03. The van der Waals surface area contributed by atoms with Crippen molar-refractivity contribution in [2.24, 2.45) is 5.73 Å². The number of nitrogens with zero attached hydrogens (tertiary/aromatic N) is 1. The molecule has 3 nitrogen and oxygen atoms in total. The van der Waals surface area contributed by atoms with Gasteiger partial charge in [0.2, 0.25) is 0 Å². The molecule has 0 unspecified atom stereocenters. The molecule has 6 heteroatoms. The Labute approximate surface area is 117 Å². The topological polar surface area (TPSA) is 48.1 Å². The van der Waals surface area contributed by atoms with Gasteiger partial charge in [0.15, 0.2) is 11.6 Å². The second-order valence-corrected chi connectivity index (χ2v) is 4.78. The molecular formula is C12H8BrFN2OS. The number of benzene rings is 1. The van der Waals surface area contributed by atoms with Gasteiger partial charge in [0.1, 0.15) is 10.7 Å². The van der Waals surface area contributed by atoms with Crippen LogP contribution in [0.5, 0.6) is 11.5 Å². The van der Waals surface area contributed by atoms with E-state index in [1.165, 1.54) is 18.3 Å². The summed E-state index contributed by atoms with van der Waals surface area (Å²) in [5, 5.41) is 0. The molecule has 0 bridgehead atoms. The van der Waals surface area contributed by atoms with Gasteiger partial charge in [-0.05, 0) is 30.3 Å². The van der Waals surface area contributed by atoms with Crippen molar-refractivity contribution in [3.8, 4) is 11.5 Å². The number of halogens is 2. The molecule has 1 heterocycles. The monoisotopic (exact) mass is 326 g/mol. The van der Waals surface area contributed by atoms with Crippen LogP contribution in [0.3, 0.4) is 0 Å². The lowest BCUT2D eigenvalue weighted by Crippen LogP contribution is -2.10. The molecular weight excluding hydrogens is 319 g/mol. The number of hydrogen-bond donors (Lipinski definition) is 1. The minimum absolute atomic E-state index is 0.120. The fourth-order valence-corrected chi connectivity index (χ4v) is 1.73. The quantitative estimate of drug-likeness (QED) is 0.878. The molecule has 2 rings (SSSR count). The van der Waals surface area contributed by atoms with E-state index in [2.05, 4.69) is 20.9 Å². The van der Waals surface area contributed by atoms with Gasteiger partial charge in [0, 0.05) is 4.47 Å². The molecule has 0 radical (unpaired) electrons. The normalized spacial score (nSPS) is 10.1. The van der Waals surface area contributed by atoms with Crippen LogP contribution in [0.25, 0.3) is 0 Å². The van der Waals surface area contributed by atoms with Crippen molar-refractivity contribution in [2.75, 3.05) is 0 Å². The molecule has 0 aliphatic heterocycles. The van der Waals surface area contributed by atoms with Crippen molar-refractivity contribution in [3.63, 3.8) is 0 Å². The molecule has 0 atom stereocenters. The third-order valence-corrected chi connectivity index (χ3v) is 2.81. The van der Waals surface area contributed by atoms with E-state index in [4.69, 9.17) is 22.7 Å². The van der Waals surface area contributed by atoms with Gasteiger partial charge < -0.3 is 10.5 Å². The number of thiocarbonyl (C=S) groups is 1. The van der Waals surface area contributed by atoms with E-state index < -0.39 is 5.82 Å². The van der Waals surface area contributed by atoms with E-state index in [1.54, 1.807) is 18.2 Å². The number of hydrogen-bond acceptors (Lipinski definition) is 3. The van der Waals surface area contributed by atoms with E-state index in [0.29, 0.717) is 11.4 Å². The van der Waals surface area contributed by atoms with Gasteiger partial charge in [0.05, 0.1) is 11.9 Å². The fraction of sp³-hybridized carbons (Fsp3) is 0. The molecule has 0 saturated carbocycles. The predicted molar refractivity (Wildman–Crippen MR) is 74.3 cm³/mol. The second-order valence-electron chi connectivity index (χ2n) is 3.42. The number of rotatable bonds is 3. The minimum atomic E-state index is -0.448. The maximum atomic E-state index is 13.5. The zero-order chi connectivity index (χ0) is 13.1. The first-order valence-corrected chi connectivity index (χ1v) is 6.15. The first-order valence-electron chi connectivity index (χ1n) is 4.95. The number of aromatic nitrogens is 1. The highest BCUT2D eigenvalue weighted by Crippen LogP contribution is 2.27. The summed E-state index contributed by atoms with van der Waals surface area (Å²) < 4.78 is 19.6. The van der Waals surface area contributed by atoms with Gasteiger partial charge in [-0.3, -0.25) is 0 Å². The van der Waals surface area contributed by atoms with E-state index in [-0.39, 0.29) is 10.7 Å². The first kappa shape index (κ1) is 12.9. The van der Waals surface area contributed by atoms with Crippen LogP contribution in [-0.2, 0) is 0 Å². The zero-order valence-corrected chi connectivity index (χ0v) is 11.5. The molecule has 0 fully saturated rings. The summed E-state index contributed by atoms with van der Waals surface area (Å²) in [4.78, 5) is 4.20. The van der Waals surface area contributed by atoms with E-state index in [1.807, 2.05) is 0 Å². The van der Waals surface area contributed by atoms with Crippen molar-refractivity contribution in [1.29, 1.82) is 0 Å². The minimum Gasteiger partial charge on any atom is -0.453 e. The van der Waals surface area contributed by atoms with Crippen LogP contribution in [0.2, 0.25) is 0 Å². The molecule has 0 amide bonds. The fourth-order valence-electron chi connectivity index (χ4n) is 1.27. The second kappa shape index (κ2) is 5.41. The zero-order valence-electron chi connectivity index (χ0n) is 9.06. The van der Waals surface area contributed by atoms with Crippen molar-refractivity contribution in [3.05, 3.63) is 52.5 Å². The Morgan fingerprint density at radius 2 is 2.11 bits per heavy atom. The molecule has 1 aromatic heterocycles. The van der Waals surface area contributed by atoms with Gasteiger partial charge in [-0.1, -0.05) is 28.1 Å². The van der Waals surface area contributed by atoms with E-state index in [0.717, 1.165) is 4.47 Å². The maximum absolute atomic E-state index is 13.5. The smallest absolute Gasteiger partial charge is 0.165 e. The summed E-state index contributed by atoms with van der Waals surface area (Å²) in [7, 11) is 0. The maximum Gasteiger partial charge on any atom is 0.165 e. The molecule has 92 valence electrons. The first-order chi connectivity index (χ1) is 8.56. The lowest BCUT2D eigenvalue weighted by atomic mass is 10.3. The Bertz CT molecular complexity index is 589. The van der Waals surface area contributed by atoms with Gasteiger partial charge in [-0.15, -0.1) is 0 Å². The number of ether oxygens (including phenoxy) is 1. The number of pyridine rings is 1. The summed E-state index contributed by atoms with van der Waals surface area (Å²) in [5.74, 6) is 0.0814. The van der Waals surface area contributed by atoms with Crippen molar-refractivity contribution in [2.45, 2.75) is 0 Å². The van der Waals surface area contributed by atoms with Crippen molar-refractivity contribution < 1.29 is 9.13 Å². The van der Waals surface area contributed by atoms with Gasteiger partial charge in [0.25, 0.3) is 0 Å². The lowest BCUT2D eigenvalue weighted by Gasteiger charge is -2.07.